The number of hydrogen-bond acceptors (Lipinski definition) is 5. The molecule has 3 aromatic rings. The van der Waals surface area contributed by atoms with Crippen molar-refractivity contribution in [2.45, 2.75) is 35.5 Å². The van der Waals surface area contributed by atoms with E-state index in [1.807, 2.05) is 10.7 Å². The van der Waals surface area contributed by atoms with E-state index in [1.54, 1.807) is 11.8 Å². The van der Waals surface area contributed by atoms with E-state index < -0.39 is 0 Å². The van der Waals surface area contributed by atoms with Crippen LogP contribution in [0.15, 0.2) is 46.5 Å². The zero-order valence-electron chi connectivity index (χ0n) is 11.4. The third-order valence-electron chi connectivity index (χ3n) is 3.75. The first-order valence-electron chi connectivity index (χ1n) is 7.03. The molecule has 0 aliphatic heterocycles. The first-order chi connectivity index (χ1) is 10.4. The zero-order chi connectivity index (χ0) is 14.2. The Morgan fingerprint density at radius 2 is 1.95 bits per heavy atom. The molecule has 1 saturated carbocycles. The smallest absolute Gasteiger partial charge is 0.214 e. The SMILES string of the molecule is NCc1ccc(Sc2nnnn2C2CC2)c2ccccc12. The van der Waals surface area contributed by atoms with Crippen LogP contribution < -0.4 is 5.73 Å². The Morgan fingerprint density at radius 3 is 2.71 bits per heavy atom. The average Bonchev–Trinajstić information content (AvgIpc) is 3.27. The molecule has 2 aromatic carbocycles. The predicted octanol–water partition coefficient (Wildman–Crippen LogP) is 2.77. The highest BCUT2D eigenvalue weighted by Gasteiger charge is 2.28. The van der Waals surface area contributed by atoms with Crippen molar-refractivity contribution in [2.75, 3.05) is 0 Å². The molecule has 0 bridgehead atoms. The molecule has 5 nitrogen and oxygen atoms in total. The van der Waals surface area contributed by atoms with Gasteiger partial charge in [0.1, 0.15) is 0 Å². The molecule has 0 radical (unpaired) electrons. The van der Waals surface area contributed by atoms with Crippen LogP contribution in [0.5, 0.6) is 0 Å². The fourth-order valence-corrected chi connectivity index (χ4v) is 3.48. The number of nitrogens with two attached hydrogens (primary N) is 1. The summed E-state index contributed by atoms with van der Waals surface area (Å²) in [6.45, 7) is 0.547. The maximum absolute atomic E-state index is 5.83. The Labute approximate surface area is 126 Å². The van der Waals surface area contributed by atoms with Gasteiger partial charge in [0, 0.05) is 11.4 Å². The second-order valence-corrected chi connectivity index (χ2v) is 6.22. The molecule has 0 saturated heterocycles. The Kier molecular flexibility index (Phi) is 3.12. The van der Waals surface area contributed by atoms with E-state index in [0.717, 1.165) is 10.7 Å². The first kappa shape index (κ1) is 12.8. The molecule has 6 heteroatoms. The monoisotopic (exact) mass is 297 g/mol. The van der Waals surface area contributed by atoms with Crippen LogP contribution in [0.1, 0.15) is 24.4 Å². The van der Waals surface area contributed by atoms with Crippen LogP contribution in [0.2, 0.25) is 0 Å². The highest BCUT2D eigenvalue weighted by atomic mass is 32.2. The molecule has 0 amide bonds. The van der Waals surface area contributed by atoms with E-state index in [0.29, 0.717) is 12.6 Å². The molecule has 2 N–H and O–H groups in total. The lowest BCUT2D eigenvalue weighted by molar-refractivity contribution is 0.565. The summed E-state index contributed by atoms with van der Waals surface area (Å²) in [7, 11) is 0. The second kappa shape index (κ2) is 5.13. The van der Waals surface area contributed by atoms with Crippen molar-refractivity contribution in [1.29, 1.82) is 0 Å². The molecule has 1 aliphatic carbocycles. The van der Waals surface area contributed by atoms with Crippen LogP contribution >= 0.6 is 11.8 Å². The minimum Gasteiger partial charge on any atom is -0.326 e. The summed E-state index contributed by atoms with van der Waals surface area (Å²) in [5.41, 5.74) is 6.99. The Morgan fingerprint density at radius 1 is 1.14 bits per heavy atom. The largest absolute Gasteiger partial charge is 0.326 e. The van der Waals surface area contributed by atoms with Gasteiger partial charge in [-0.25, -0.2) is 4.68 Å². The Hall–Kier alpha value is -1.92. The highest BCUT2D eigenvalue weighted by molar-refractivity contribution is 7.99. The van der Waals surface area contributed by atoms with Crippen molar-refractivity contribution in [3.8, 4) is 0 Å². The van der Waals surface area contributed by atoms with Gasteiger partial charge in [0.05, 0.1) is 6.04 Å². The van der Waals surface area contributed by atoms with Gasteiger partial charge in [-0.15, -0.1) is 5.10 Å². The van der Waals surface area contributed by atoms with Crippen LogP contribution in [0.3, 0.4) is 0 Å². The van der Waals surface area contributed by atoms with Crippen molar-refractivity contribution in [3.63, 3.8) is 0 Å². The molecule has 1 aliphatic rings. The molecule has 0 spiro atoms. The maximum atomic E-state index is 5.83. The lowest BCUT2D eigenvalue weighted by Gasteiger charge is -2.09. The van der Waals surface area contributed by atoms with E-state index in [1.165, 1.54) is 28.5 Å². The van der Waals surface area contributed by atoms with Gasteiger partial charge < -0.3 is 5.73 Å². The third kappa shape index (κ3) is 2.30. The summed E-state index contributed by atoms with van der Waals surface area (Å²) in [4.78, 5) is 1.17. The second-order valence-electron chi connectivity index (χ2n) is 5.21. The van der Waals surface area contributed by atoms with Gasteiger partial charge in [-0.2, -0.15) is 0 Å². The number of hydrogen-bond donors (Lipinski definition) is 1. The number of tetrazole rings is 1. The molecule has 0 unspecified atom stereocenters. The van der Waals surface area contributed by atoms with Gasteiger partial charge in [0.2, 0.25) is 5.16 Å². The topological polar surface area (TPSA) is 69.6 Å². The summed E-state index contributed by atoms with van der Waals surface area (Å²) in [6, 6.07) is 13.0. The van der Waals surface area contributed by atoms with E-state index in [4.69, 9.17) is 5.73 Å². The summed E-state index contributed by atoms with van der Waals surface area (Å²) in [6.07, 6.45) is 2.34. The van der Waals surface area contributed by atoms with Crippen LogP contribution in [0.4, 0.5) is 0 Å². The normalized spacial score (nSPS) is 14.7. The van der Waals surface area contributed by atoms with Crippen molar-refractivity contribution in [3.05, 3.63) is 42.0 Å². The predicted molar refractivity (Wildman–Crippen MR) is 82.1 cm³/mol. The van der Waals surface area contributed by atoms with E-state index in [-0.39, 0.29) is 0 Å². The number of benzene rings is 2. The highest BCUT2D eigenvalue weighted by Crippen LogP contribution is 2.39. The van der Waals surface area contributed by atoms with Gasteiger partial charge in [-0.1, -0.05) is 30.3 Å². The molecule has 106 valence electrons. The molecule has 1 fully saturated rings. The van der Waals surface area contributed by atoms with Crippen molar-refractivity contribution in [1.82, 2.24) is 20.2 Å². The number of aromatic nitrogens is 4. The Balaban J connectivity index is 1.78. The van der Waals surface area contributed by atoms with Gasteiger partial charge >= 0.3 is 0 Å². The lowest BCUT2D eigenvalue weighted by atomic mass is 10.0. The maximum Gasteiger partial charge on any atom is 0.214 e. The molecule has 21 heavy (non-hydrogen) atoms. The van der Waals surface area contributed by atoms with Crippen molar-refractivity contribution >= 4 is 22.5 Å². The minimum absolute atomic E-state index is 0.483. The number of fused-ring (bicyclic) bond motifs is 1. The van der Waals surface area contributed by atoms with Gasteiger partial charge in [-0.05, 0) is 57.4 Å². The number of nitrogens with zero attached hydrogens (tertiary/aromatic N) is 4. The van der Waals surface area contributed by atoms with Crippen LogP contribution in [-0.4, -0.2) is 20.2 Å². The van der Waals surface area contributed by atoms with Crippen LogP contribution in [0.25, 0.3) is 10.8 Å². The van der Waals surface area contributed by atoms with E-state index >= 15 is 0 Å². The minimum atomic E-state index is 0.483. The molecule has 1 heterocycles. The van der Waals surface area contributed by atoms with Crippen LogP contribution in [-0.2, 0) is 6.54 Å². The van der Waals surface area contributed by atoms with Crippen molar-refractivity contribution < 1.29 is 0 Å². The van der Waals surface area contributed by atoms with Gasteiger partial charge in [0.25, 0.3) is 0 Å². The summed E-state index contributed by atoms with van der Waals surface area (Å²) < 4.78 is 1.94. The third-order valence-corrected chi connectivity index (χ3v) is 4.78. The van der Waals surface area contributed by atoms with Crippen molar-refractivity contribution in [2.24, 2.45) is 5.73 Å². The number of rotatable bonds is 4. The average molecular weight is 297 g/mol. The first-order valence-corrected chi connectivity index (χ1v) is 7.85. The van der Waals surface area contributed by atoms with Crippen LogP contribution in [0, 0.1) is 0 Å². The molecule has 0 atom stereocenters. The molecular formula is C15H15N5S. The molecule has 4 rings (SSSR count). The van der Waals surface area contributed by atoms with E-state index in [9.17, 15) is 0 Å². The summed E-state index contributed by atoms with van der Waals surface area (Å²) >= 11 is 1.62. The lowest BCUT2D eigenvalue weighted by Crippen LogP contribution is -1.99. The standard InChI is InChI=1S/C15H15N5S/c16-9-10-5-8-14(13-4-2-1-3-12(10)13)21-15-17-18-19-20(15)11-6-7-11/h1-5,8,11H,6-7,9,16H2. The summed E-state index contributed by atoms with van der Waals surface area (Å²) in [5.74, 6) is 0. The Bertz CT molecular complexity index is 794. The fourth-order valence-electron chi connectivity index (χ4n) is 2.50. The molecular weight excluding hydrogens is 282 g/mol. The molecule has 1 aromatic heterocycles. The van der Waals surface area contributed by atoms with E-state index in [2.05, 4.69) is 45.9 Å². The summed E-state index contributed by atoms with van der Waals surface area (Å²) in [5, 5.41) is 15.4. The quantitative estimate of drug-likeness (QED) is 0.802. The van der Waals surface area contributed by atoms with Gasteiger partial charge in [0.15, 0.2) is 0 Å². The fraction of sp³-hybridized carbons (Fsp3) is 0.267. The van der Waals surface area contributed by atoms with Gasteiger partial charge in [-0.3, -0.25) is 0 Å². The zero-order valence-corrected chi connectivity index (χ0v) is 12.3.